The van der Waals surface area contributed by atoms with E-state index in [1.807, 2.05) is 6.92 Å². The van der Waals surface area contributed by atoms with Gasteiger partial charge in [-0.2, -0.15) is 0 Å². The molecule has 0 bridgehead atoms. The number of rotatable bonds is 9. The molecule has 3 aromatic rings. The minimum Gasteiger partial charge on any atom is -0.506 e. The molecule has 1 aromatic carbocycles. The molecule has 0 atom stereocenters. The molecule has 10 nitrogen and oxygen atoms in total. The average molecular weight is 487 g/mol. The summed E-state index contributed by atoms with van der Waals surface area (Å²) in [6.45, 7) is 2.09. The molecule has 1 saturated heterocycles. The number of amides is 1. The fourth-order valence-corrected chi connectivity index (χ4v) is 3.99. The second-order valence-corrected chi connectivity index (χ2v) is 8.20. The van der Waals surface area contributed by atoms with Crippen molar-refractivity contribution in [1.29, 1.82) is 0 Å². The third-order valence-electron chi connectivity index (χ3n) is 5.84. The number of likely N-dealkylation sites (tertiary alicyclic amines) is 1. The number of hydrogen-bond acceptors (Lipinski definition) is 9. The van der Waals surface area contributed by atoms with Gasteiger partial charge in [0.25, 0.3) is 5.89 Å². The molecule has 186 valence electrons. The van der Waals surface area contributed by atoms with Crippen molar-refractivity contribution in [2.24, 2.45) is 0 Å². The Labute approximate surface area is 201 Å². The Kier molecular flexibility index (Phi) is 7.04. The zero-order valence-electron chi connectivity index (χ0n) is 19.7. The molecule has 1 aliphatic rings. The van der Waals surface area contributed by atoms with E-state index in [1.165, 1.54) is 19.1 Å². The predicted octanol–water partition coefficient (Wildman–Crippen LogP) is 3.29. The maximum absolute atomic E-state index is 13.1. The summed E-state index contributed by atoms with van der Waals surface area (Å²) in [5.74, 6) is -0.541. The number of pyridine rings is 1. The van der Waals surface area contributed by atoms with Gasteiger partial charge in [-0.3, -0.25) is 4.79 Å². The number of halogens is 1. The lowest BCUT2D eigenvalue weighted by Gasteiger charge is -2.33. The van der Waals surface area contributed by atoms with Gasteiger partial charge < -0.3 is 29.0 Å². The lowest BCUT2D eigenvalue weighted by atomic mass is 9.95. The van der Waals surface area contributed by atoms with Crippen molar-refractivity contribution >= 4 is 5.91 Å². The number of carbonyl (C=O) groups excluding carboxylic acids is 1. The highest BCUT2D eigenvalue weighted by Crippen LogP contribution is 2.49. The molecule has 4 rings (SSSR count). The first kappa shape index (κ1) is 24.2. The molecule has 1 amide bonds. The van der Waals surface area contributed by atoms with Crippen LogP contribution in [-0.4, -0.2) is 69.7 Å². The number of aryl methyl sites for hydroxylation is 1. The summed E-state index contributed by atoms with van der Waals surface area (Å²) >= 11 is 0. The van der Waals surface area contributed by atoms with Gasteiger partial charge in [0.05, 0.1) is 44.1 Å². The Bertz CT molecular complexity index is 1200. The highest BCUT2D eigenvalue weighted by atomic mass is 19.1. The van der Waals surface area contributed by atoms with Crippen molar-refractivity contribution in [3.05, 3.63) is 29.8 Å². The minimum atomic E-state index is -1.02. The summed E-state index contributed by atoms with van der Waals surface area (Å²) in [6.07, 6.45) is 0.863. The number of hydrogen-bond donors (Lipinski definition) is 2. The van der Waals surface area contributed by atoms with Crippen molar-refractivity contribution in [3.8, 4) is 45.7 Å². The molecule has 35 heavy (non-hydrogen) atoms. The third kappa shape index (κ3) is 4.71. The SMILES string of the molecule is CCCCc1nc(O)c(-c2nnc(CC(=O)N3CC(F)C3)o2)c(O)c1-c1c(OC)cccc1OC. The van der Waals surface area contributed by atoms with Gasteiger partial charge in [-0.15, -0.1) is 10.2 Å². The molecule has 0 saturated carbocycles. The second-order valence-electron chi connectivity index (χ2n) is 8.20. The van der Waals surface area contributed by atoms with Gasteiger partial charge in [0.2, 0.25) is 17.7 Å². The van der Waals surface area contributed by atoms with Gasteiger partial charge >= 0.3 is 0 Å². The largest absolute Gasteiger partial charge is 0.506 e. The fourth-order valence-electron chi connectivity index (χ4n) is 3.99. The van der Waals surface area contributed by atoms with Crippen LogP contribution in [0.1, 0.15) is 31.4 Å². The lowest BCUT2D eigenvalue weighted by Crippen LogP contribution is -2.52. The molecule has 1 fully saturated rings. The predicted molar refractivity (Wildman–Crippen MR) is 123 cm³/mol. The topological polar surface area (TPSA) is 131 Å². The number of unbranched alkanes of at least 4 members (excludes halogenated alkanes) is 1. The van der Waals surface area contributed by atoms with Crippen LogP contribution in [0.3, 0.4) is 0 Å². The van der Waals surface area contributed by atoms with E-state index in [0.29, 0.717) is 34.7 Å². The van der Waals surface area contributed by atoms with Crippen LogP contribution in [0.4, 0.5) is 4.39 Å². The van der Waals surface area contributed by atoms with Crippen LogP contribution in [0.2, 0.25) is 0 Å². The van der Waals surface area contributed by atoms with Crippen molar-refractivity contribution in [3.63, 3.8) is 0 Å². The smallest absolute Gasteiger partial charge is 0.257 e. The number of benzene rings is 1. The van der Waals surface area contributed by atoms with Crippen molar-refractivity contribution in [2.75, 3.05) is 27.3 Å². The number of ether oxygens (including phenoxy) is 2. The fraction of sp³-hybridized carbons (Fsp3) is 0.417. The molecule has 3 heterocycles. The molecule has 0 unspecified atom stereocenters. The number of carbonyl (C=O) groups is 1. The number of methoxy groups -OCH3 is 2. The van der Waals surface area contributed by atoms with E-state index >= 15 is 0 Å². The van der Waals surface area contributed by atoms with Crippen LogP contribution in [0.15, 0.2) is 22.6 Å². The standard InChI is InChI=1S/C24H27FN4O6/c1-4-5-7-14-19(20-15(33-2)8-6-9-16(20)34-3)22(31)21(23(32)26-14)24-28-27-17(35-24)10-18(30)29-11-13(25)12-29/h6,8-9,13H,4-5,7,10-12H2,1-3H3,(H2,26,31,32). The van der Waals surface area contributed by atoms with Gasteiger partial charge in [-0.05, 0) is 25.0 Å². The van der Waals surface area contributed by atoms with Crippen LogP contribution in [-0.2, 0) is 17.6 Å². The molecule has 1 aliphatic heterocycles. The molecule has 0 aliphatic carbocycles. The Morgan fingerprint density at radius 1 is 1.14 bits per heavy atom. The van der Waals surface area contributed by atoms with E-state index in [-0.39, 0.29) is 48.5 Å². The number of aromatic nitrogens is 3. The molecular formula is C24H27FN4O6. The van der Waals surface area contributed by atoms with E-state index < -0.39 is 12.1 Å². The summed E-state index contributed by atoms with van der Waals surface area (Å²) in [4.78, 5) is 17.9. The first-order chi connectivity index (χ1) is 16.9. The number of nitrogens with zero attached hydrogens (tertiary/aromatic N) is 4. The highest BCUT2D eigenvalue weighted by Gasteiger charge is 2.32. The quantitative estimate of drug-likeness (QED) is 0.468. The van der Waals surface area contributed by atoms with E-state index in [4.69, 9.17) is 13.9 Å². The van der Waals surface area contributed by atoms with E-state index in [1.54, 1.807) is 18.2 Å². The van der Waals surface area contributed by atoms with Crippen LogP contribution < -0.4 is 9.47 Å². The van der Waals surface area contributed by atoms with Gasteiger partial charge in [0.1, 0.15) is 35.4 Å². The minimum absolute atomic E-state index is 0.0300. The Balaban J connectivity index is 1.79. The molecule has 0 radical (unpaired) electrons. The van der Waals surface area contributed by atoms with Crippen molar-refractivity contribution in [1.82, 2.24) is 20.1 Å². The second kappa shape index (κ2) is 10.2. The maximum Gasteiger partial charge on any atom is 0.257 e. The Morgan fingerprint density at radius 3 is 2.43 bits per heavy atom. The van der Waals surface area contributed by atoms with E-state index in [2.05, 4.69) is 15.2 Å². The summed E-state index contributed by atoms with van der Waals surface area (Å²) in [5.41, 5.74) is 1.04. The normalized spacial score (nSPS) is 13.5. The Morgan fingerprint density at radius 2 is 1.83 bits per heavy atom. The van der Waals surface area contributed by atoms with Crippen LogP contribution >= 0.6 is 0 Å². The van der Waals surface area contributed by atoms with Gasteiger partial charge in [-0.25, -0.2) is 9.37 Å². The monoisotopic (exact) mass is 486 g/mol. The molecule has 2 aromatic heterocycles. The van der Waals surface area contributed by atoms with E-state index in [9.17, 15) is 19.4 Å². The summed E-state index contributed by atoms with van der Waals surface area (Å²) in [5, 5.41) is 29.9. The Hall–Kier alpha value is -3.89. The number of aromatic hydroxyl groups is 2. The first-order valence-corrected chi connectivity index (χ1v) is 11.3. The molecule has 0 spiro atoms. The molecular weight excluding hydrogens is 459 g/mol. The van der Waals surface area contributed by atoms with Gasteiger partial charge in [0, 0.05) is 0 Å². The average Bonchev–Trinajstić information content (AvgIpc) is 3.27. The van der Waals surface area contributed by atoms with Crippen LogP contribution in [0, 0.1) is 0 Å². The van der Waals surface area contributed by atoms with Crippen molar-refractivity contribution < 1.29 is 33.3 Å². The summed E-state index contributed by atoms with van der Waals surface area (Å²) in [6, 6.07) is 5.20. The molecule has 2 N–H and O–H groups in total. The van der Waals surface area contributed by atoms with E-state index in [0.717, 1.165) is 12.8 Å². The third-order valence-corrected chi connectivity index (χ3v) is 5.84. The summed E-state index contributed by atoms with van der Waals surface area (Å²) in [7, 11) is 3.00. The molecule has 11 heteroatoms. The van der Waals surface area contributed by atoms with Crippen LogP contribution in [0.5, 0.6) is 23.1 Å². The van der Waals surface area contributed by atoms with Crippen molar-refractivity contribution in [2.45, 2.75) is 38.8 Å². The van der Waals surface area contributed by atoms with Gasteiger partial charge in [0.15, 0.2) is 0 Å². The summed E-state index contributed by atoms with van der Waals surface area (Å²) < 4.78 is 29.7. The lowest BCUT2D eigenvalue weighted by molar-refractivity contribution is -0.137. The maximum atomic E-state index is 13.1. The van der Waals surface area contributed by atoms with Crippen LogP contribution in [0.25, 0.3) is 22.6 Å². The first-order valence-electron chi connectivity index (χ1n) is 11.3. The van der Waals surface area contributed by atoms with Gasteiger partial charge in [-0.1, -0.05) is 19.4 Å². The zero-order chi connectivity index (χ0) is 25.1. The number of alkyl halides is 1. The highest BCUT2D eigenvalue weighted by molar-refractivity contribution is 5.88. The zero-order valence-corrected chi connectivity index (χ0v) is 19.7.